The number of benzene rings is 1. The Balaban J connectivity index is 1.96. The molecule has 0 spiro atoms. The van der Waals surface area contributed by atoms with E-state index in [0.29, 0.717) is 0 Å². The number of anilines is 1. The summed E-state index contributed by atoms with van der Waals surface area (Å²) in [7, 11) is 0. The zero-order chi connectivity index (χ0) is 17.6. The molecule has 25 heavy (non-hydrogen) atoms. The van der Waals surface area contributed by atoms with Gasteiger partial charge in [0.15, 0.2) is 0 Å². The third kappa shape index (κ3) is 3.12. The highest BCUT2D eigenvalue weighted by molar-refractivity contribution is 9.10. The minimum Gasteiger partial charge on any atom is -0.365 e. The topological polar surface area (TPSA) is 42.2 Å². The zero-order valence-corrected chi connectivity index (χ0v) is 16.0. The van der Waals surface area contributed by atoms with Crippen LogP contribution in [-0.4, -0.2) is 19.9 Å². The van der Waals surface area contributed by atoms with E-state index in [1.165, 1.54) is 0 Å². The quantitative estimate of drug-likeness (QED) is 0.486. The first kappa shape index (κ1) is 16.1. The van der Waals surface area contributed by atoms with Crippen LogP contribution < -0.4 is 5.32 Å². The van der Waals surface area contributed by atoms with Gasteiger partial charge in [-0.25, -0.2) is 9.97 Å². The molecule has 0 atom stereocenters. The first-order chi connectivity index (χ1) is 11.9. The molecule has 0 amide bonds. The van der Waals surface area contributed by atoms with Crippen molar-refractivity contribution in [3.05, 3.63) is 59.2 Å². The van der Waals surface area contributed by atoms with E-state index in [0.717, 1.165) is 38.2 Å². The molecule has 0 aliphatic heterocycles. The summed E-state index contributed by atoms with van der Waals surface area (Å²) < 4.78 is 3.08. The molecule has 1 aromatic carbocycles. The number of aromatic nitrogens is 3. The first-order valence-corrected chi connectivity index (χ1v) is 9.02. The summed E-state index contributed by atoms with van der Waals surface area (Å²) in [6.45, 7) is 6.42. The second kappa shape index (κ2) is 5.85. The summed E-state index contributed by atoms with van der Waals surface area (Å²) >= 11 is 3.55. The molecule has 3 heterocycles. The minimum absolute atomic E-state index is 0.0934. The van der Waals surface area contributed by atoms with Crippen LogP contribution in [0.2, 0.25) is 0 Å². The van der Waals surface area contributed by atoms with Crippen molar-refractivity contribution >= 4 is 38.3 Å². The van der Waals surface area contributed by atoms with E-state index in [-0.39, 0.29) is 5.54 Å². The third-order valence-corrected chi connectivity index (χ3v) is 4.39. The molecule has 1 N–H and O–H groups in total. The van der Waals surface area contributed by atoms with Crippen LogP contribution in [0.3, 0.4) is 0 Å². The zero-order valence-electron chi connectivity index (χ0n) is 14.4. The Morgan fingerprint density at radius 2 is 1.76 bits per heavy atom. The van der Waals surface area contributed by atoms with Crippen LogP contribution in [-0.2, 0) is 0 Å². The number of nitrogens with zero attached hydrogens (tertiary/aromatic N) is 3. The lowest BCUT2D eigenvalue weighted by atomic mass is 10.1. The third-order valence-electron chi connectivity index (χ3n) is 3.92. The fourth-order valence-electron chi connectivity index (χ4n) is 2.87. The monoisotopic (exact) mass is 394 g/mol. The maximum atomic E-state index is 4.83. The van der Waals surface area contributed by atoms with E-state index in [2.05, 4.69) is 58.6 Å². The Morgan fingerprint density at radius 3 is 2.56 bits per heavy atom. The Labute approximate surface area is 155 Å². The molecule has 126 valence electrons. The van der Waals surface area contributed by atoms with Gasteiger partial charge in [0.05, 0.1) is 11.2 Å². The van der Waals surface area contributed by atoms with E-state index in [1.54, 1.807) is 0 Å². The number of para-hydroxylation sites is 1. The van der Waals surface area contributed by atoms with Gasteiger partial charge in [-0.15, -0.1) is 0 Å². The van der Waals surface area contributed by atoms with Gasteiger partial charge in [0.1, 0.15) is 17.2 Å². The van der Waals surface area contributed by atoms with Crippen molar-refractivity contribution in [2.45, 2.75) is 26.3 Å². The summed E-state index contributed by atoms with van der Waals surface area (Å²) in [6.07, 6.45) is 2.03. The number of rotatable bonds is 2. The summed E-state index contributed by atoms with van der Waals surface area (Å²) in [4.78, 5) is 9.66. The summed E-state index contributed by atoms with van der Waals surface area (Å²) in [5, 5.41) is 4.71. The molecule has 0 aliphatic carbocycles. The molecule has 0 radical (unpaired) electrons. The number of hydrogen-bond acceptors (Lipinski definition) is 3. The average molecular weight is 395 g/mol. The molecule has 0 aliphatic rings. The largest absolute Gasteiger partial charge is 0.365 e. The number of nitrogens with one attached hydrogen (secondary N) is 1. The van der Waals surface area contributed by atoms with Crippen molar-refractivity contribution in [1.82, 2.24) is 14.4 Å². The Morgan fingerprint density at radius 1 is 0.960 bits per heavy atom. The normalized spacial score (nSPS) is 12.0. The van der Waals surface area contributed by atoms with Crippen molar-refractivity contribution in [3.8, 4) is 11.4 Å². The molecule has 5 heteroatoms. The minimum atomic E-state index is -0.0934. The summed E-state index contributed by atoms with van der Waals surface area (Å²) in [6, 6.07) is 16.3. The molecule has 4 rings (SSSR count). The SMILES string of the molecule is CC(C)(C)Nc1c(-c2ccc3ccccc3n2)nc2ccc(Br)cn12. The van der Waals surface area contributed by atoms with Gasteiger partial charge < -0.3 is 5.32 Å². The van der Waals surface area contributed by atoms with Crippen molar-refractivity contribution in [2.24, 2.45) is 0 Å². The van der Waals surface area contributed by atoms with Gasteiger partial charge >= 0.3 is 0 Å². The number of fused-ring (bicyclic) bond motifs is 2. The molecule has 0 fully saturated rings. The van der Waals surface area contributed by atoms with Gasteiger partial charge in [-0.1, -0.05) is 24.3 Å². The van der Waals surface area contributed by atoms with E-state index < -0.39 is 0 Å². The molecule has 4 nitrogen and oxygen atoms in total. The lowest BCUT2D eigenvalue weighted by molar-refractivity contribution is 0.629. The number of hydrogen-bond donors (Lipinski definition) is 1. The maximum Gasteiger partial charge on any atom is 0.140 e. The van der Waals surface area contributed by atoms with Crippen LogP contribution >= 0.6 is 15.9 Å². The van der Waals surface area contributed by atoms with Crippen molar-refractivity contribution < 1.29 is 0 Å². The van der Waals surface area contributed by atoms with E-state index in [4.69, 9.17) is 9.97 Å². The molecule has 4 aromatic rings. The first-order valence-electron chi connectivity index (χ1n) is 8.23. The van der Waals surface area contributed by atoms with Gasteiger partial charge in [-0.05, 0) is 61.0 Å². The standard InChI is InChI=1S/C20H19BrN4/c1-20(2,3)24-19-18(23-17-11-9-14(21)12-25(17)19)16-10-8-13-6-4-5-7-15(13)22-16/h4-12,24H,1-3H3. The fraction of sp³-hybridized carbons (Fsp3) is 0.200. The van der Waals surface area contributed by atoms with Crippen molar-refractivity contribution in [3.63, 3.8) is 0 Å². The summed E-state index contributed by atoms with van der Waals surface area (Å²) in [5.41, 5.74) is 3.49. The fourth-order valence-corrected chi connectivity index (χ4v) is 3.21. The molecule has 3 aromatic heterocycles. The molecule has 0 unspecified atom stereocenters. The molecular formula is C20H19BrN4. The van der Waals surface area contributed by atoms with Crippen molar-refractivity contribution in [2.75, 3.05) is 5.32 Å². The summed E-state index contributed by atoms with van der Waals surface area (Å²) in [5.74, 6) is 0.951. The Bertz CT molecular complexity index is 1080. The highest BCUT2D eigenvalue weighted by Crippen LogP contribution is 2.31. The highest BCUT2D eigenvalue weighted by atomic mass is 79.9. The van der Waals surface area contributed by atoms with Crippen LogP contribution in [0, 0.1) is 0 Å². The highest BCUT2D eigenvalue weighted by Gasteiger charge is 2.20. The van der Waals surface area contributed by atoms with E-state index in [9.17, 15) is 0 Å². The van der Waals surface area contributed by atoms with Crippen molar-refractivity contribution in [1.29, 1.82) is 0 Å². The van der Waals surface area contributed by atoms with Crippen LogP contribution in [0.15, 0.2) is 59.2 Å². The molecule has 0 saturated heterocycles. The second-order valence-corrected chi connectivity index (χ2v) is 8.06. The van der Waals surface area contributed by atoms with Crippen LogP contribution in [0.4, 0.5) is 5.82 Å². The van der Waals surface area contributed by atoms with Gasteiger partial charge in [-0.3, -0.25) is 4.40 Å². The van der Waals surface area contributed by atoms with E-state index >= 15 is 0 Å². The average Bonchev–Trinajstić information content (AvgIpc) is 2.91. The maximum absolute atomic E-state index is 4.83. The van der Waals surface area contributed by atoms with Crippen LogP contribution in [0.1, 0.15) is 20.8 Å². The predicted molar refractivity (Wildman–Crippen MR) is 107 cm³/mol. The van der Waals surface area contributed by atoms with Gasteiger partial charge in [0.25, 0.3) is 0 Å². The Kier molecular flexibility index (Phi) is 3.76. The lowest BCUT2D eigenvalue weighted by Gasteiger charge is -2.22. The van der Waals surface area contributed by atoms with Gasteiger partial charge in [0, 0.05) is 21.6 Å². The van der Waals surface area contributed by atoms with Crippen LogP contribution in [0.5, 0.6) is 0 Å². The van der Waals surface area contributed by atoms with Gasteiger partial charge in [-0.2, -0.15) is 0 Å². The lowest BCUT2D eigenvalue weighted by Crippen LogP contribution is -2.27. The van der Waals surface area contributed by atoms with Crippen LogP contribution in [0.25, 0.3) is 27.9 Å². The molecule has 0 saturated carbocycles. The molecular weight excluding hydrogens is 376 g/mol. The van der Waals surface area contributed by atoms with E-state index in [1.807, 2.05) is 42.6 Å². The second-order valence-electron chi connectivity index (χ2n) is 7.15. The Hall–Kier alpha value is -2.40. The predicted octanol–water partition coefficient (Wildman–Crippen LogP) is 5.52. The number of imidazole rings is 1. The number of halogens is 1. The molecule has 0 bridgehead atoms. The number of pyridine rings is 2. The van der Waals surface area contributed by atoms with Gasteiger partial charge in [0.2, 0.25) is 0 Å². The smallest absolute Gasteiger partial charge is 0.140 e.